The van der Waals surface area contributed by atoms with Crippen LogP contribution in [-0.2, 0) is 16.0 Å². The van der Waals surface area contributed by atoms with Crippen molar-refractivity contribution >= 4 is 17.3 Å². The first kappa shape index (κ1) is 17.2. The molecule has 0 aromatic carbocycles. The number of hydrogen-bond acceptors (Lipinski definition) is 4. The number of nitrogens with one attached hydrogen (secondary N) is 1. The Kier molecular flexibility index (Phi) is 7.70. The summed E-state index contributed by atoms with van der Waals surface area (Å²) in [5.41, 5.74) is 1.28. The van der Waals surface area contributed by atoms with Crippen molar-refractivity contribution in [2.24, 2.45) is 10.9 Å². The van der Waals surface area contributed by atoms with Gasteiger partial charge in [0.1, 0.15) is 0 Å². The lowest BCUT2D eigenvalue weighted by Gasteiger charge is -2.21. The molecule has 1 aliphatic heterocycles. The van der Waals surface area contributed by atoms with Gasteiger partial charge < -0.3 is 19.7 Å². The molecule has 0 spiro atoms. The van der Waals surface area contributed by atoms with Gasteiger partial charge in [0.25, 0.3) is 0 Å². The predicted molar refractivity (Wildman–Crippen MR) is 91.5 cm³/mol. The standard InChI is InChI=1S/C16H27N3O2S/c1-3-17-16(18-10-14-5-9-22-13-14)19-6-4-15(11-19)12-21-8-7-20-2/h5,9,13,15H,3-4,6-8,10-12H2,1-2H3,(H,17,18). The van der Waals surface area contributed by atoms with Crippen molar-refractivity contribution in [1.82, 2.24) is 10.2 Å². The van der Waals surface area contributed by atoms with Crippen molar-refractivity contribution in [3.05, 3.63) is 22.4 Å². The Labute approximate surface area is 137 Å². The number of guanidine groups is 1. The van der Waals surface area contributed by atoms with Gasteiger partial charge in [-0.15, -0.1) is 0 Å². The molecule has 1 saturated heterocycles. The SMILES string of the molecule is CCNC(=NCc1ccsc1)N1CCC(COCCOC)C1. The van der Waals surface area contributed by atoms with Crippen LogP contribution < -0.4 is 5.32 Å². The predicted octanol–water partition coefficient (Wildman–Crippen LogP) is 2.20. The van der Waals surface area contributed by atoms with Crippen molar-refractivity contribution < 1.29 is 9.47 Å². The maximum atomic E-state index is 5.65. The molecule has 0 radical (unpaired) electrons. The third kappa shape index (κ3) is 5.59. The molecule has 1 aromatic heterocycles. The fraction of sp³-hybridized carbons (Fsp3) is 0.688. The number of hydrogen-bond donors (Lipinski definition) is 1. The van der Waals surface area contributed by atoms with Crippen LogP contribution in [0.5, 0.6) is 0 Å². The Morgan fingerprint density at radius 2 is 2.41 bits per heavy atom. The topological polar surface area (TPSA) is 46.1 Å². The van der Waals surface area contributed by atoms with E-state index in [2.05, 4.69) is 34.0 Å². The highest BCUT2D eigenvalue weighted by molar-refractivity contribution is 7.07. The smallest absolute Gasteiger partial charge is 0.194 e. The summed E-state index contributed by atoms with van der Waals surface area (Å²) in [5, 5.41) is 7.66. The molecule has 2 rings (SSSR count). The van der Waals surface area contributed by atoms with E-state index >= 15 is 0 Å². The molecule has 22 heavy (non-hydrogen) atoms. The molecule has 0 saturated carbocycles. The second kappa shape index (κ2) is 9.82. The minimum absolute atomic E-state index is 0.585. The number of aliphatic imine (C=N–C) groups is 1. The van der Waals surface area contributed by atoms with E-state index in [1.54, 1.807) is 18.4 Å². The summed E-state index contributed by atoms with van der Waals surface area (Å²) in [7, 11) is 1.70. The molecule has 1 aliphatic rings. The normalized spacial score (nSPS) is 18.9. The Morgan fingerprint density at radius 3 is 3.14 bits per heavy atom. The van der Waals surface area contributed by atoms with Crippen molar-refractivity contribution in [2.75, 3.05) is 46.6 Å². The van der Waals surface area contributed by atoms with Gasteiger partial charge in [-0.05, 0) is 35.7 Å². The summed E-state index contributed by atoms with van der Waals surface area (Å²) in [6.45, 7) is 7.98. The average molecular weight is 325 g/mol. The molecular formula is C16H27N3O2S. The first-order chi connectivity index (χ1) is 10.8. The zero-order chi connectivity index (χ0) is 15.6. The van der Waals surface area contributed by atoms with E-state index in [4.69, 9.17) is 14.5 Å². The lowest BCUT2D eigenvalue weighted by Crippen LogP contribution is -2.40. The zero-order valence-corrected chi connectivity index (χ0v) is 14.4. The monoisotopic (exact) mass is 325 g/mol. The largest absolute Gasteiger partial charge is 0.382 e. The average Bonchev–Trinajstić information content (AvgIpc) is 3.19. The van der Waals surface area contributed by atoms with Gasteiger partial charge >= 0.3 is 0 Å². The minimum atomic E-state index is 0.585. The highest BCUT2D eigenvalue weighted by atomic mass is 32.1. The number of thiophene rings is 1. The quantitative estimate of drug-likeness (QED) is 0.452. The molecule has 2 heterocycles. The maximum Gasteiger partial charge on any atom is 0.194 e. The van der Waals surface area contributed by atoms with Gasteiger partial charge in [0.2, 0.25) is 0 Å². The van der Waals surface area contributed by atoms with Crippen molar-refractivity contribution in [3.63, 3.8) is 0 Å². The van der Waals surface area contributed by atoms with Gasteiger partial charge in [0.05, 0.1) is 26.4 Å². The summed E-state index contributed by atoms with van der Waals surface area (Å²) in [4.78, 5) is 7.11. The maximum absolute atomic E-state index is 5.65. The second-order valence-corrected chi connectivity index (χ2v) is 6.25. The van der Waals surface area contributed by atoms with E-state index in [0.29, 0.717) is 19.1 Å². The summed E-state index contributed by atoms with van der Waals surface area (Å²) >= 11 is 1.72. The van der Waals surface area contributed by atoms with Crippen molar-refractivity contribution in [2.45, 2.75) is 19.9 Å². The fourth-order valence-corrected chi connectivity index (χ4v) is 3.19. The molecule has 0 aliphatic carbocycles. The van der Waals surface area contributed by atoms with Crippen LogP contribution in [0.3, 0.4) is 0 Å². The van der Waals surface area contributed by atoms with Crippen LogP contribution >= 0.6 is 11.3 Å². The number of likely N-dealkylation sites (tertiary alicyclic amines) is 1. The third-order valence-corrected chi connectivity index (χ3v) is 4.43. The minimum Gasteiger partial charge on any atom is -0.382 e. The van der Waals surface area contributed by atoms with Crippen molar-refractivity contribution in [3.8, 4) is 0 Å². The Bertz CT molecular complexity index is 437. The summed E-state index contributed by atoms with van der Waals surface area (Å²) in [5.74, 6) is 1.61. The number of methoxy groups -OCH3 is 1. The lowest BCUT2D eigenvalue weighted by atomic mass is 10.1. The van der Waals surface area contributed by atoms with Crippen molar-refractivity contribution in [1.29, 1.82) is 0 Å². The Morgan fingerprint density at radius 1 is 1.50 bits per heavy atom. The van der Waals surface area contributed by atoms with Crippen LogP contribution in [0.2, 0.25) is 0 Å². The molecule has 1 N–H and O–H groups in total. The van der Waals surface area contributed by atoms with Gasteiger partial charge in [0, 0.05) is 32.7 Å². The molecule has 0 bridgehead atoms. The lowest BCUT2D eigenvalue weighted by molar-refractivity contribution is 0.0536. The van der Waals surface area contributed by atoms with E-state index < -0.39 is 0 Å². The van der Waals surface area contributed by atoms with Gasteiger partial charge in [-0.25, -0.2) is 4.99 Å². The van der Waals surface area contributed by atoms with E-state index in [0.717, 1.165) is 45.2 Å². The highest BCUT2D eigenvalue weighted by Gasteiger charge is 2.24. The van der Waals surface area contributed by atoms with Crippen LogP contribution in [0.1, 0.15) is 18.9 Å². The summed E-state index contributed by atoms with van der Waals surface area (Å²) in [6, 6.07) is 2.13. The molecule has 1 aromatic rings. The molecule has 6 heteroatoms. The number of nitrogens with zero attached hydrogens (tertiary/aromatic N) is 2. The van der Waals surface area contributed by atoms with E-state index in [-0.39, 0.29) is 0 Å². The third-order valence-electron chi connectivity index (χ3n) is 3.70. The Balaban J connectivity index is 1.80. The first-order valence-corrected chi connectivity index (χ1v) is 8.88. The molecule has 0 amide bonds. The van der Waals surface area contributed by atoms with Crippen LogP contribution in [0.15, 0.2) is 21.8 Å². The van der Waals surface area contributed by atoms with E-state index in [9.17, 15) is 0 Å². The fourth-order valence-electron chi connectivity index (χ4n) is 2.53. The van der Waals surface area contributed by atoms with Gasteiger partial charge in [0.15, 0.2) is 5.96 Å². The summed E-state index contributed by atoms with van der Waals surface area (Å²) in [6.07, 6.45) is 1.16. The molecule has 5 nitrogen and oxygen atoms in total. The van der Waals surface area contributed by atoms with E-state index in [1.165, 1.54) is 5.56 Å². The molecule has 1 fully saturated rings. The van der Waals surface area contributed by atoms with E-state index in [1.807, 2.05) is 0 Å². The van der Waals surface area contributed by atoms with Crippen LogP contribution in [0.4, 0.5) is 0 Å². The first-order valence-electron chi connectivity index (χ1n) is 7.94. The van der Waals surface area contributed by atoms with Crippen LogP contribution in [-0.4, -0.2) is 57.4 Å². The Hall–Kier alpha value is -1.11. The van der Waals surface area contributed by atoms with Gasteiger partial charge in [-0.2, -0.15) is 11.3 Å². The second-order valence-electron chi connectivity index (χ2n) is 5.47. The van der Waals surface area contributed by atoms with Crippen LogP contribution in [0, 0.1) is 5.92 Å². The zero-order valence-electron chi connectivity index (χ0n) is 13.6. The highest BCUT2D eigenvalue weighted by Crippen LogP contribution is 2.17. The van der Waals surface area contributed by atoms with Crippen LogP contribution in [0.25, 0.3) is 0 Å². The molecule has 124 valence electrons. The van der Waals surface area contributed by atoms with Gasteiger partial charge in [-0.3, -0.25) is 0 Å². The number of rotatable bonds is 8. The molecular weight excluding hydrogens is 298 g/mol. The van der Waals surface area contributed by atoms with Gasteiger partial charge in [-0.1, -0.05) is 0 Å². The molecule has 1 atom stereocenters. The number of ether oxygens (including phenoxy) is 2. The molecule has 1 unspecified atom stereocenters. The summed E-state index contributed by atoms with van der Waals surface area (Å²) < 4.78 is 10.7.